The van der Waals surface area contributed by atoms with Crippen LogP contribution in [0.4, 0.5) is 0 Å². The molecule has 0 aliphatic carbocycles. The van der Waals surface area contributed by atoms with Gasteiger partial charge in [0.1, 0.15) is 18.3 Å². The Hall–Kier alpha value is -3.78. The Bertz CT molecular complexity index is 1240. The standard InChI is InChI=1S/C34H39NO6/c1-4-14-30-32(40-25(2)36)34(39-23-29-19-12-7-13-20-29)33(41-26(3)37)31(24-38-22-28-17-10-6-11-18-28)35(30)21-27-15-8-5-9-16-27/h4-13,15-20,30-34H,1,14,21-24H2,2-3H3/t30-,31?,32?,33-,34?/m1/s1. The molecule has 5 atom stereocenters. The summed E-state index contributed by atoms with van der Waals surface area (Å²) in [6, 6.07) is 29.0. The van der Waals surface area contributed by atoms with Crippen LogP contribution < -0.4 is 0 Å². The minimum atomic E-state index is -0.763. The highest BCUT2D eigenvalue weighted by Gasteiger charge is 2.53. The maximum Gasteiger partial charge on any atom is 0.303 e. The van der Waals surface area contributed by atoms with Gasteiger partial charge in [-0.25, -0.2) is 0 Å². The van der Waals surface area contributed by atoms with Crippen LogP contribution in [0, 0.1) is 0 Å². The van der Waals surface area contributed by atoms with Crippen LogP contribution in [0.5, 0.6) is 0 Å². The van der Waals surface area contributed by atoms with Crippen molar-refractivity contribution < 1.29 is 28.5 Å². The first kappa shape index (κ1) is 30.2. The fourth-order valence-corrected chi connectivity index (χ4v) is 5.41. The molecule has 1 fully saturated rings. The predicted octanol–water partition coefficient (Wildman–Crippen LogP) is 5.48. The monoisotopic (exact) mass is 557 g/mol. The van der Waals surface area contributed by atoms with Crippen molar-refractivity contribution in [1.82, 2.24) is 4.90 Å². The van der Waals surface area contributed by atoms with Gasteiger partial charge in [-0.1, -0.05) is 97.1 Å². The van der Waals surface area contributed by atoms with Crippen LogP contribution in [0.1, 0.15) is 37.0 Å². The molecule has 0 amide bonds. The van der Waals surface area contributed by atoms with E-state index in [9.17, 15) is 9.59 Å². The van der Waals surface area contributed by atoms with Gasteiger partial charge in [0.25, 0.3) is 0 Å². The second-order valence-corrected chi connectivity index (χ2v) is 10.2. The van der Waals surface area contributed by atoms with E-state index < -0.39 is 30.3 Å². The highest BCUT2D eigenvalue weighted by molar-refractivity contribution is 5.67. The zero-order chi connectivity index (χ0) is 29.0. The van der Waals surface area contributed by atoms with Gasteiger partial charge < -0.3 is 18.9 Å². The molecule has 216 valence electrons. The van der Waals surface area contributed by atoms with E-state index in [2.05, 4.69) is 11.5 Å². The number of rotatable bonds is 13. The number of hydrogen-bond donors (Lipinski definition) is 0. The Labute approximate surface area is 242 Å². The van der Waals surface area contributed by atoms with Gasteiger partial charge in [0, 0.05) is 20.4 Å². The number of benzene rings is 3. The lowest BCUT2D eigenvalue weighted by Gasteiger charge is -2.52. The first-order valence-electron chi connectivity index (χ1n) is 14.0. The fourth-order valence-electron chi connectivity index (χ4n) is 5.41. The molecule has 0 bridgehead atoms. The lowest BCUT2D eigenvalue weighted by Crippen LogP contribution is -2.69. The summed E-state index contributed by atoms with van der Waals surface area (Å²) in [6.45, 7) is 8.23. The summed E-state index contributed by atoms with van der Waals surface area (Å²) in [4.78, 5) is 27.2. The zero-order valence-corrected chi connectivity index (χ0v) is 23.8. The molecule has 0 N–H and O–H groups in total. The predicted molar refractivity (Wildman–Crippen MR) is 157 cm³/mol. The van der Waals surface area contributed by atoms with Gasteiger partial charge >= 0.3 is 11.9 Å². The quantitative estimate of drug-likeness (QED) is 0.204. The highest BCUT2D eigenvalue weighted by Crippen LogP contribution is 2.35. The Morgan fingerprint density at radius 3 is 1.71 bits per heavy atom. The third-order valence-corrected chi connectivity index (χ3v) is 7.16. The van der Waals surface area contributed by atoms with Gasteiger partial charge in [-0.15, -0.1) is 6.58 Å². The molecule has 0 aromatic heterocycles. The van der Waals surface area contributed by atoms with E-state index in [0.717, 1.165) is 16.7 Å². The second kappa shape index (κ2) is 15.3. The van der Waals surface area contributed by atoms with Crippen molar-refractivity contribution >= 4 is 11.9 Å². The largest absolute Gasteiger partial charge is 0.458 e. The normalized spacial score (nSPS) is 22.5. The Morgan fingerprint density at radius 1 is 0.707 bits per heavy atom. The molecule has 3 aromatic carbocycles. The van der Waals surface area contributed by atoms with E-state index in [0.29, 0.717) is 19.6 Å². The second-order valence-electron chi connectivity index (χ2n) is 10.2. The molecular formula is C34H39NO6. The number of carbonyl (C=O) groups excluding carboxylic acids is 2. The van der Waals surface area contributed by atoms with Gasteiger partial charge in [-0.05, 0) is 23.1 Å². The number of piperidine rings is 1. The molecule has 1 aliphatic heterocycles. The zero-order valence-electron chi connectivity index (χ0n) is 23.8. The third-order valence-electron chi connectivity index (χ3n) is 7.16. The average Bonchev–Trinajstić information content (AvgIpc) is 2.97. The molecule has 41 heavy (non-hydrogen) atoms. The fraction of sp³-hybridized carbons (Fsp3) is 0.353. The summed E-state index contributed by atoms with van der Waals surface area (Å²) < 4.78 is 24.8. The topological polar surface area (TPSA) is 74.3 Å². The van der Waals surface area contributed by atoms with Crippen LogP contribution >= 0.6 is 0 Å². The molecule has 0 radical (unpaired) electrons. The number of nitrogens with zero attached hydrogens (tertiary/aromatic N) is 1. The van der Waals surface area contributed by atoms with E-state index in [4.69, 9.17) is 18.9 Å². The number of carbonyl (C=O) groups is 2. The molecule has 3 aromatic rings. The van der Waals surface area contributed by atoms with Gasteiger partial charge in [0.05, 0.1) is 31.9 Å². The van der Waals surface area contributed by atoms with Crippen LogP contribution in [-0.2, 0) is 48.3 Å². The highest BCUT2D eigenvalue weighted by atomic mass is 16.6. The SMILES string of the molecule is C=CC[C@@H]1C(OC(C)=O)C(OCc2ccccc2)[C@H](OC(C)=O)C(COCc2ccccc2)N1Cc1ccccc1. The Balaban J connectivity index is 1.73. The van der Waals surface area contributed by atoms with Crippen molar-refractivity contribution in [2.45, 2.75) is 70.4 Å². The van der Waals surface area contributed by atoms with Crippen molar-refractivity contribution in [3.05, 3.63) is 120 Å². The first-order chi connectivity index (χ1) is 20.0. The molecule has 7 nitrogen and oxygen atoms in total. The molecule has 0 saturated carbocycles. The van der Waals surface area contributed by atoms with Gasteiger partial charge in [-0.3, -0.25) is 14.5 Å². The van der Waals surface area contributed by atoms with E-state index in [1.165, 1.54) is 13.8 Å². The third kappa shape index (κ3) is 8.60. The number of likely N-dealkylation sites (tertiary alicyclic amines) is 1. The minimum Gasteiger partial charge on any atom is -0.458 e. The van der Waals surface area contributed by atoms with Crippen LogP contribution in [0.25, 0.3) is 0 Å². The number of hydrogen-bond acceptors (Lipinski definition) is 7. The molecule has 7 heteroatoms. The molecule has 1 aliphatic rings. The van der Waals surface area contributed by atoms with E-state index in [1.807, 2.05) is 97.1 Å². The van der Waals surface area contributed by atoms with E-state index in [-0.39, 0.29) is 25.3 Å². The lowest BCUT2D eigenvalue weighted by atomic mass is 9.85. The minimum absolute atomic E-state index is 0.262. The van der Waals surface area contributed by atoms with Crippen LogP contribution in [0.2, 0.25) is 0 Å². The molecule has 4 rings (SSSR count). The van der Waals surface area contributed by atoms with Crippen LogP contribution in [0.3, 0.4) is 0 Å². The summed E-state index contributed by atoms with van der Waals surface area (Å²) in [5.41, 5.74) is 3.07. The van der Waals surface area contributed by atoms with Crippen molar-refractivity contribution in [3.8, 4) is 0 Å². The van der Waals surface area contributed by atoms with Crippen LogP contribution in [-0.4, -0.2) is 53.8 Å². The number of ether oxygens (including phenoxy) is 4. The van der Waals surface area contributed by atoms with Gasteiger partial charge in [-0.2, -0.15) is 0 Å². The lowest BCUT2D eigenvalue weighted by molar-refractivity contribution is -0.222. The molecular weight excluding hydrogens is 518 g/mol. The Morgan fingerprint density at radius 2 is 1.20 bits per heavy atom. The van der Waals surface area contributed by atoms with Crippen molar-refractivity contribution in [2.24, 2.45) is 0 Å². The maximum absolute atomic E-state index is 12.5. The van der Waals surface area contributed by atoms with E-state index >= 15 is 0 Å². The van der Waals surface area contributed by atoms with Gasteiger partial charge in [0.15, 0.2) is 0 Å². The summed E-state index contributed by atoms with van der Waals surface area (Å²) >= 11 is 0. The first-order valence-corrected chi connectivity index (χ1v) is 14.0. The summed E-state index contributed by atoms with van der Waals surface area (Å²) in [6.07, 6.45) is 0.137. The van der Waals surface area contributed by atoms with Crippen molar-refractivity contribution in [3.63, 3.8) is 0 Å². The Kier molecular flexibility index (Phi) is 11.3. The smallest absolute Gasteiger partial charge is 0.303 e. The summed E-state index contributed by atoms with van der Waals surface area (Å²) in [5, 5.41) is 0. The average molecular weight is 558 g/mol. The molecule has 0 spiro atoms. The van der Waals surface area contributed by atoms with Crippen molar-refractivity contribution in [2.75, 3.05) is 6.61 Å². The van der Waals surface area contributed by atoms with Gasteiger partial charge in [0.2, 0.25) is 0 Å². The van der Waals surface area contributed by atoms with E-state index in [1.54, 1.807) is 0 Å². The molecule has 1 saturated heterocycles. The van der Waals surface area contributed by atoms with Crippen LogP contribution in [0.15, 0.2) is 104 Å². The summed E-state index contributed by atoms with van der Waals surface area (Å²) in [5.74, 6) is -0.878. The molecule has 1 heterocycles. The van der Waals surface area contributed by atoms with Crippen molar-refractivity contribution in [1.29, 1.82) is 0 Å². The maximum atomic E-state index is 12.5. The number of esters is 2. The molecule has 3 unspecified atom stereocenters. The summed E-state index contributed by atoms with van der Waals surface area (Å²) in [7, 11) is 0.